The molecule has 8 nitrogen and oxygen atoms in total. The Balaban J connectivity index is 1.91. The zero-order chi connectivity index (χ0) is 40.6. The lowest BCUT2D eigenvalue weighted by Gasteiger charge is -2.42. The second-order valence-corrected chi connectivity index (χ2v) is 15.8. The van der Waals surface area contributed by atoms with Crippen LogP contribution in [-0.2, 0) is 9.47 Å². The van der Waals surface area contributed by atoms with Crippen LogP contribution in [0, 0.1) is 5.41 Å². The lowest BCUT2D eigenvalue weighted by Crippen LogP contribution is -2.60. The molecule has 1 aliphatic carbocycles. The van der Waals surface area contributed by atoms with E-state index in [9.17, 15) is 30.6 Å². The van der Waals surface area contributed by atoms with Crippen molar-refractivity contribution in [3.05, 3.63) is 142 Å². The Morgan fingerprint density at radius 3 is 1.67 bits per heavy atom. The summed E-state index contributed by atoms with van der Waals surface area (Å²) in [5.41, 5.74) is 6.56. The van der Waals surface area contributed by atoms with Crippen LogP contribution < -0.4 is 0 Å². The minimum Gasteiger partial charge on any atom is -0.394 e. The fourth-order valence-corrected chi connectivity index (χ4v) is 6.15. The fourth-order valence-electron chi connectivity index (χ4n) is 6.15. The second kappa shape index (κ2) is 22.2. The van der Waals surface area contributed by atoms with Gasteiger partial charge in [0.2, 0.25) is 0 Å². The Bertz CT molecular complexity index is 1600. The standard InChI is InChI=1S/C46H66O8/c1-31(16-11-12-17-32(2)19-14-22-34(4)24-26-38-36(6)28-37(48)29-45(38,7)8)18-13-20-33(3)21-15-23-35(5)25-27-40(46(9,10)52)54-44-43(51)42(50)41(49)39(30-47)53-44/h11-27,37,39-44,47-52H,28-30H2,1-10H3/b12-11+,18-13+,19-14+,21-15+,26-24+,27-25+,31-16+,32-17+,33-20+,34-22+,35-23+/t37-,39-,40+,41-,42+,43+,44+/m1/s1. The molecule has 2 aliphatic rings. The molecule has 0 saturated carbocycles. The van der Waals surface area contributed by atoms with Crippen molar-refractivity contribution >= 4 is 0 Å². The van der Waals surface area contributed by atoms with E-state index in [1.54, 1.807) is 26.0 Å². The normalized spacial score (nSPS) is 28.0. The maximum atomic E-state index is 10.7. The van der Waals surface area contributed by atoms with E-state index in [2.05, 4.69) is 77.2 Å². The second-order valence-electron chi connectivity index (χ2n) is 15.8. The molecule has 0 amide bonds. The van der Waals surface area contributed by atoms with Gasteiger partial charge >= 0.3 is 0 Å². The predicted molar refractivity (Wildman–Crippen MR) is 220 cm³/mol. The summed E-state index contributed by atoms with van der Waals surface area (Å²) in [6, 6.07) is 0. The molecule has 0 aromatic heterocycles. The van der Waals surface area contributed by atoms with E-state index < -0.39 is 49.0 Å². The number of aliphatic hydroxyl groups is 6. The molecule has 1 aliphatic heterocycles. The highest BCUT2D eigenvalue weighted by molar-refractivity contribution is 5.38. The van der Waals surface area contributed by atoms with Gasteiger partial charge in [0.25, 0.3) is 0 Å². The summed E-state index contributed by atoms with van der Waals surface area (Å²) in [7, 11) is 0. The average Bonchev–Trinajstić information content (AvgIpc) is 3.07. The number of aliphatic hydroxyl groups excluding tert-OH is 5. The van der Waals surface area contributed by atoms with Crippen molar-refractivity contribution in [2.24, 2.45) is 5.41 Å². The van der Waals surface area contributed by atoms with Crippen LogP contribution in [-0.4, -0.2) is 85.8 Å². The van der Waals surface area contributed by atoms with Gasteiger partial charge in [-0.3, -0.25) is 0 Å². The van der Waals surface area contributed by atoms with Crippen molar-refractivity contribution < 1.29 is 40.1 Å². The maximum Gasteiger partial charge on any atom is 0.187 e. The maximum absolute atomic E-state index is 10.7. The van der Waals surface area contributed by atoms with Crippen LogP contribution in [0.3, 0.4) is 0 Å². The summed E-state index contributed by atoms with van der Waals surface area (Å²) in [6.07, 6.45) is 27.4. The third-order valence-electron chi connectivity index (χ3n) is 9.33. The molecule has 1 heterocycles. The summed E-state index contributed by atoms with van der Waals surface area (Å²) < 4.78 is 11.2. The van der Waals surface area contributed by atoms with Crippen molar-refractivity contribution in [1.82, 2.24) is 0 Å². The first-order valence-corrected chi connectivity index (χ1v) is 18.7. The van der Waals surface area contributed by atoms with Crippen LogP contribution in [0.2, 0.25) is 0 Å². The van der Waals surface area contributed by atoms with Crippen molar-refractivity contribution in [3.63, 3.8) is 0 Å². The number of ether oxygens (including phenoxy) is 2. The molecule has 0 aromatic rings. The molecule has 8 heteroatoms. The molecule has 7 atom stereocenters. The van der Waals surface area contributed by atoms with E-state index in [4.69, 9.17) is 9.47 Å². The van der Waals surface area contributed by atoms with Gasteiger partial charge in [0, 0.05) is 0 Å². The highest BCUT2D eigenvalue weighted by Gasteiger charge is 2.45. The minimum absolute atomic E-state index is 0.0230. The van der Waals surface area contributed by atoms with Crippen LogP contribution in [0.5, 0.6) is 0 Å². The van der Waals surface area contributed by atoms with Crippen LogP contribution >= 0.6 is 0 Å². The smallest absolute Gasteiger partial charge is 0.187 e. The van der Waals surface area contributed by atoms with Crippen LogP contribution in [0.15, 0.2) is 142 Å². The summed E-state index contributed by atoms with van der Waals surface area (Å²) in [6.45, 7) is 19.2. The monoisotopic (exact) mass is 746 g/mol. The molecule has 1 saturated heterocycles. The van der Waals surface area contributed by atoms with E-state index in [-0.39, 0.29) is 11.5 Å². The van der Waals surface area contributed by atoms with Crippen molar-refractivity contribution in [3.8, 4) is 0 Å². The largest absolute Gasteiger partial charge is 0.394 e. The van der Waals surface area contributed by atoms with Gasteiger partial charge in [-0.1, -0.05) is 151 Å². The summed E-state index contributed by atoms with van der Waals surface area (Å²) in [5.74, 6) is 0. The SMILES string of the molecule is CC1=C(/C=C/C(C)=C/C=C/C(C)=C/C=C/C=C(C)/C=C/C=C(C)/C=C/C=C(C)/C=C/[C@H](O[C@@H]2O[C@H](CO)[C@@H](O)[C@H](O)[C@@H]2O)C(C)(C)O)C(C)(C)C[C@H](O)C1. The first-order chi connectivity index (χ1) is 25.2. The van der Waals surface area contributed by atoms with E-state index in [0.717, 1.165) is 35.1 Å². The van der Waals surface area contributed by atoms with Gasteiger partial charge in [0.1, 0.15) is 30.5 Å². The molecule has 0 unspecified atom stereocenters. The molecule has 54 heavy (non-hydrogen) atoms. The van der Waals surface area contributed by atoms with Crippen LogP contribution in [0.1, 0.15) is 82.1 Å². The van der Waals surface area contributed by atoms with Crippen LogP contribution in [0.4, 0.5) is 0 Å². The van der Waals surface area contributed by atoms with Gasteiger partial charge in [-0.25, -0.2) is 0 Å². The lowest BCUT2D eigenvalue weighted by atomic mass is 9.71. The van der Waals surface area contributed by atoms with E-state index >= 15 is 0 Å². The molecule has 0 aromatic carbocycles. The quantitative estimate of drug-likeness (QED) is 0.0893. The van der Waals surface area contributed by atoms with Crippen molar-refractivity contribution in [2.45, 2.75) is 131 Å². The highest BCUT2D eigenvalue weighted by atomic mass is 16.7. The number of hydrogen-bond acceptors (Lipinski definition) is 8. The van der Waals surface area contributed by atoms with Crippen LogP contribution in [0.25, 0.3) is 0 Å². The van der Waals surface area contributed by atoms with Gasteiger partial charge < -0.3 is 40.1 Å². The lowest BCUT2D eigenvalue weighted by molar-refractivity contribution is -0.316. The van der Waals surface area contributed by atoms with Crippen molar-refractivity contribution in [2.75, 3.05) is 6.61 Å². The predicted octanol–water partition coefficient (Wildman–Crippen LogP) is 7.51. The molecular weight excluding hydrogens is 680 g/mol. The molecule has 0 spiro atoms. The third-order valence-corrected chi connectivity index (χ3v) is 9.33. The van der Waals surface area contributed by atoms with E-state index in [0.29, 0.717) is 0 Å². The van der Waals surface area contributed by atoms with E-state index in [1.807, 2.05) is 69.4 Å². The highest BCUT2D eigenvalue weighted by Crippen LogP contribution is 2.41. The van der Waals surface area contributed by atoms with E-state index in [1.165, 1.54) is 16.7 Å². The zero-order valence-corrected chi connectivity index (χ0v) is 34.0. The molecule has 2 rings (SSSR count). The van der Waals surface area contributed by atoms with Crippen molar-refractivity contribution in [1.29, 1.82) is 0 Å². The minimum atomic E-state index is -1.57. The number of allylic oxidation sites excluding steroid dienone is 22. The Morgan fingerprint density at radius 1 is 0.741 bits per heavy atom. The summed E-state index contributed by atoms with van der Waals surface area (Å²) in [4.78, 5) is 0. The van der Waals surface area contributed by atoms with Gasteiger partial charge in [0.15, 0.2) is 6.29 Å². The molecule has 298 valence electrons. The molecule has 1 fully saturated rings. The summed E-state index contributed by atoms with van der Waals surface area (Å²) >= 11 is 0. The van der Waals surface area contributed by atoms with Gasteiger partial charge in [-0.2, -0.15) is 0 Å². The third kappa shape index (κ3) is 16.1. The topological polar surface area (TPSA) is 140 Å². The zero-order valence-electron chi connectivity index (χ0n) is 34.0. The number of hydrogen-bond donors (Lipinski definition) is 6. The molecule has 6 N–H and O–H groups in total. The average molecular weight is 747 g/mol. The number of rotatable bonds is 16. The fraction of sp³-hybridized carbons (Fsp3) is 0.478. The Hall–Kier alpha value is -3.44. The first-order valence-electron chi connectivity index (χ1n) is 18.7. The molecule has 0 radical (unpaired) electrons. The Morgan fingerprint density at radius 2 is 1.20 bits per heavy atom. The van der Waals surface area contributed by atoms with Gasteiger partial charge in [-0.15, -0.1) is 0 Å². The first kappa shape index (κ1) is 46.7. The Kier molecular flexibility index (Phi) is 19.2. The molecule has 0 bridgehead atoms. The van der Waals surface area contributed by atoms with Gasteiger partial charge in [-0.05, 0) is 79.2 Å². The van der Waals surface area contributed by atoms with Gasteiger partial charge in [0.05, 0.1) is 18.3 Å². The Labute approximate surface area is 324 Å². The molecular formula is C46H66O8. The summed E-state index contributed by atoms with van der Waals surface area (Å²) in [5, 5.41) is 60.7.